The summed E-state index contributed by atoms with van der Waals surface area (Å²) in [5.74, 6) is -0.640. The van der Waals surface area contributed by atoms with Gasteiger partial charge in [0, 0.05) is 16.6 Å². The number of esters is 2. The Hall–Kier alpha value is -3.54. The van der Waals surface area contributed by atoms with Gasteiger partial charge >= 0.3 is 11.9 Å². The molecular weight excluding hydrogens is 408 g/mol. The summed E-state index contributed by atoms with van der Waals surface area (Å²) < 4.78 is 16.4. The van der Waals surface area contributed by atoms with E-state index in [1.165, 1.54) is 13.8 Å². The number of aromatic hydroxyl groups is 1. The van der Waals surface area contributed by atoms with Crippen LogP contribution in [0.15, 0.2) is 72.8 Å². The van der Waals surface area contributed by atoms with Crippen molar-refractivity contribution in [1.29, 1.82) is 0 Å². The largest absolute Gasteiger partial charge is 0.508 e. The minimum Gasteiger partial charge on any atom is -0.508 e. The van der Waals surface area contributed by atoms with Gasteiger partial charge in [-0.25, -0.2) is 9.59 Å². The highest BCUT2D eigenvalue weighted by molar-refractivity contribution is 5.88. The first-order valence-electron chi connectivity index (χ1n) is 10.2. The van der Waals surface area contributed by atoms with Crippen molar-refractivity contribution >= 4 is 11.9 Å². The van der Waals surface area contributed by atoms with Gasteiger partial charge in [0.25, 0.3) is 6.29 Å². The van der Waals surface area contributed by atoms with Crippen LogP contribution in [0.2, 0.25) is 0 Å². The molecule has 0 fully saturated rings. The fourth-order valence-electron chi connectivity index (χ4n) is 2.89. The van der Waals surface area contributed by atoms with Crippen molar-refractivity contribution in [1.82, 2.24) is 0 Å². The summed E-state index contributed by atoms with van der Waals surface area (Å²) >= 11 is 0. The van der Waals surface area contributed by atoms with Crippen molar-refractivity contribution < 1.29 is 28.9 Å². The van der Waals surface area contributed by atoms with Crippen LogP contribution in [0.3, 0.4) is 0 Å². The predicted molar refractivity (Wildman–Crippen MR) is 122 cm³/mol. The average molecular weight is 439 g/mol. The first-order valence-corrected chi connectivity index (χ1v) is 10.2. The minimum atomic E-state index is -1.27. The van der Waals surface area contributed by atoms with Gasteiger partial charge in [-0.1, -0.05) is 51.3 Å². The lowest BCUT2D eigenvalue weighted by Gasteiger charge is -2.27. The van der Waals surface area contributed by atoms with Gasteiger partial charge in [-0.15, -0.1) is 0 Å². The van der Waals surface area contributed by atoms with E-state index in [9.17, 15) is 14.7 Å². The van der Waals surface area contributed by atoms with Gasteiger partial charge in [-0.3, -0.25) is 0 Å². The number of hydrogen-bond donors (Lipinski definition) is 1. The Morgan fingerprint density at radius 3 is 1.66 bits per heavy atom. The maximum atomic E-state index is 12.0. The molecule has 6 nitrogen and oxygen atoms in total. The van der Waals surface area contributed by atoms with E-state index in [1.54, 1.807) is 31.2 Å². The zero-order valence-electron chi connectivity index (χ0n) is 19.2. The van der Waals surface area contributed by atoms with Crippen LogP contribution in [0.5, 0.6) is 11.5 Å². The summed E-state index contributed by atoms with van der Waals surface area (Å²) in [5, 5.41) is 9.54. The van der Waals surface area contributed by atoms with Gasteiger partial charge in [0.1, 0.15) is 11.5 Å². The SMILES string of the molecule is C=C(C)C(=O)OC(OC(=O)C(=C)C)C(C)Oc1ccc(C(C)(C)c2ccc(O)cc2)cc1. The molecular formula is C26H30O6. The highest BCUT2D eigenvalue weighted by Crippen LogP contribution is 2.33. The topological polar surface area (TPSA) is 82.1 Å². The molecule has 0 aromatic heterocycles. The molecule has 170 valence electrons. The fourth-order valence-corrected chi connectivity index (χ4v) is 2.89. The maximum Gasteiger partial charge on any atom is 0.336 e. The highest BCUT2D eigenvalue weighted by atomic mass is 16.7. The Kier molecular flexibility index (Phi) is 7.87. The number of carbonyl (C=O) groups excluding carboxylic acids is 2. The monoisotopic (exact) mass is 438 g/mol. The van der Waals surface area contributed by atoms with Crippen LogP contribution in [-0.2, 0) is 24.5 Å². The molecule has 0 saturated heterocycles. The van der Waals surface area contributed by atoms with E-state index < -0.39 is 24.3 Å². The molecule has 0 heterocycles. The molecule has 2 aromatic carbocycles. The molecule has 1 N–H and O–H groups in total. The van der Waals surface area contributed by atoms with Gasteiger partial charge < -0.3 is 19.3 Å². The third-order valence-electron chi connectivity index (χ3n) is 5.01. The predicted octanol–water partition coefficient (Wildman–Crippen LogP) is 5.05. The molecule has 1 unspecified atom stereocenters. The maximum absolute atomic E-state index is 12.0. The zero-order valence-corrected chi connectivity index (χ0v) is 19.2. The Morgan fingerprint density at radius 1 is 0.844 bits per heavy atom. The highest BCUT2D eigenvalue weighted by Gasteiger charge is 2.28. The van der Waals surface area contributed by atoms with Gasteiger partial charge in [-0.2, -0.15) is 0 Å². The standard InChI is InChI=1S/C26H30O6/c1-16(2)23(28)31-25(32-24(29)17(3)4)18(5)30-22-14-10-20(11-15-22)26(6,7)19-8-12-21(27)13-9-19/h8-15,18,25,27H,1,3H2,2,4-7H3. The lowest BCUT2D eigenvalue weighted by molar-refractivity contribution is -0.196. The summed E-state index contributed by atoms with van der Waals surface area (Å²) in [6, 6.07) is 14.6. The van der Waals surface area contributed by atoms with Crippen LogP contribution in [-0.4, -0.2) is 29.4 Å². The van der Waals surface area contributed by atoms with Gasteiger partial charge in [0.2, 0.25) is 0 Å². The Bertz CT molecular complexity index is 958. The summed E-state index contributed by atoms with van der Waals surface area (Å²) in [5.41, 5.74) is 2.15. The van der Waals surface area contributed by atoms with E-state index in [1.807, 2.05) is 24.3 Å². The summed E-state index contributed by atoms with van der Waals surface area (Å²) in [7, 11) is 0. The molecule has 0 aliphatic heterocycles. The van der Waals surface area contributed by atoms with Crippen LogP contribution in [0.4, 0.5) is 0 Å². The van der Waals surface area contributed by atoms with Crippen molar-refractivity contribution in [2.24, 2.45) is 0 Å². The van der Waals surface area contributed by atoms with E-state index in [-0.39, 0.29) is 22.3 Å². The number of phenolic OH excluding ortho intramolecular Hbond substituents is 1. The number of phenols is 1. The number of rotatable bonds is 9. The number of ether oxygens (including phenoxy) is 3. The van der Waals surface area contributed by atoms with Crippen LogP contribution in [0.25, 0.3) is 0 Å². The molecule has 0 bridgehead atoms. The second-order valence-corrected chi connectivity index (χ2v) is 8.26. The lowest BCUT2D eigenvalue weighted by atomic mass is 9.78. The van der Waals surface area contributed by atoms with Gasteiger partial charge in [-0.05, 0) is 56.2 Å². The average Bonchev–Trinajstić information content (AvgIpc) is 2.73. The number of carbonyl (C=O) groups is 2. The molecule has 0 spiro atoms. The molecule has 0 amide bonds. The summed E-state index contributed by atoms with van der Waals surface area (Å²) in [6.45, 7) is 15.9. The second kappa shape index (κ2) is 10.2. The van der Waals surface area contributed by atoms with E-state index in [4.69, 9.17) is 14.2 Å². The van der Waals surface area contributed by atoms with Crippen molar-refractivity contribution in [3.05, 3.63) is 84.0 Å². The molecule has 0 aliphatic carbocycles. The summed E-state index contributed by atoms with van der Waals surface area (Å²) in [6.07, 6.45) is -2.05. The van der Waals surface area contributed by atoms with E-state index in [0.29, 0.717) is 5.75 Å². The smallest absolute Gasteiger partial charge is 0.336 e. The lowest BCUT2D eigenvalue weighted by Crippen LogP contribution is -2.37. The molecule has 2 aromatic rings. The van der Waals surface area contributed by atoms with E-state index in [2.05, 4.69) is 27.0 Å². The molecule has 6 heteroatoms. The van der Waals surface area contributed by atoms with E-state index >= 15 is 0 Å². The van der Waals surface area contributed by atoms with Crippen molar-refractivity contribution in [3.63, 3.8) is 0 Å². The van der Waals surface area contributed by atoms with Crippen LogP contribution in [0.1, 0.15) is 45.7 Å². The molecule has 0 aliphatic rings. The first kappa shape index (κ1) is 24.7. The normalized spacial score (nSPS) is 12.1. The minimum absolute atomic E-state index is 0.175. The van der Waals surface area contributed by atoms with E-state index in [0.717, 1.165) is 11.1 Å². The summed E-state index contributed by atoms with van der Waals surface area (Å²) in [4.78, 5) is 23.9. The number of benzene rings is 2. The third-order valence-corrected chi connectivity index (χ3v) is 5.01. The Labute approximate surface area is 189 Å². The van der Waals surface area contributed by atoms with Crippen molar-refractivity contribution in [2.45, 2.75) is 52.4 Å². The Morgan fingerprint density at radius 2 is 1.25 bits per heavy atom. The van der Waals surface area contributed by atoms with Crippen molar-refractivity contribution in [3.8, 4) is 11.5 Å². The Balaban J connectivity index is 2.17. The second-order valence-electron chi connectivity index (χ2n) is 8.26. The van der Waals surface area contributed by atoms with Crippen molar-refractivity contribution in [2.75, 3.05) is 0 Å². The van der Waals surface area contributed by atoms with Gasteiger partial charge in [0.15, 0.2) is 6.10 Å². The molecule has 0 radical (unpaired) electrons. The van der Waals surface area contributed by atoms with Crippen LogP contribution >= 0.6 is 0 Å². The molecule has 1 atom stereocenters. The number of hydrogen-bond acceptors (Lipinski definition) is 6. The molecule has 2 rings (SSSR count). The van der Waals surface area contributed by atoms with Gasteiger partial charge in [0.05, 0.1) is 0 Å². The van der Waals surface area contributed by atoms with Crippen LogP contribution < -0.4 is 4.74 Å². The molecule has 32 heavy (non-hydrogen) atoms. The van der Waals surface area contributed by atoms with Crippen LogP contribution in [0, 0.1) is 0 Å². The first-order chi connectivity index (χ1) is 14.9. The molecule has 0 saturated carbocycles. The quantitative estimate of drug-likeness (QED) is 0.335. The zero-order chi connectivity index (χ0) is 24.1. The third kappa shape index (κ3) is 6.23. The fraction of sp³-hybridized carbons (Fsp3) is 0.308.